The smallest absolute Gasteiger partial charge is 0.158 e. The molecule has 0 atom stereocenters. The van der Waals surface area contributed by atoms with Gasteiger partial charge in [0.1, 0.15) is 18.2 Å². The van der Waals surface area contributed by atoms with Crippen LogP contribution < -0.4 is 10.6 Å². The second-order valence-corrected chi connectivity index (χ2v) is 5.37. The van der Waals surface area contributed by atoms with Crippen LogP contribution >= 0.6 is 15.9 Å². The number of hydrogen-bond acceptors (Lipinski definition) is 5. The van der Waals surface area contributed by atoms with Crippen LogP contribution in [0.25, 0.3) is 0 Å². The minimum Gasteiger partial charge on any atom is -0.377 e. The van der Waals surface area contributed by atoms with E-state index in [1.54, 1.807) is 7.11 Å². The monoisotopic (exact) mass is 350 g/mol. The Morgan fingerprint density at radius 2 is 1.95 bits per heavy atom. The largest absolute Gasteiger partial charge is 0.377 e. The van der Waals surface area contributed by atoms with Gasteiger partial charge < -0.3 is 15.4 Å². The fraction of sp³-hybridized carbons (Fsp3) is 0.333. The first-order valence-electron chi connectivity index (χ1n) is 6.85. The van der Waals surface area contributed by atoms with Gasteiger partial charge in [-0.25, -0.2) is 9.97 Å². The van der Waals surface area contributed by atoms with Crippen LogP contribution in [0.3, 0.4) is 0 Å². The molecular formula is C15H19BrN4O. The van der Waals surface area contributed by atoms with Crippen LogP contribution in [0.1, 0.15) is 19.2 Å². The molecule has 2 rings (SSSR count). The van der Waals surface area contributed by atoms with Gasteiger partial charge in [0.2, 0.25) is 0 Å². The number of aromatic nitrogens is 2. The fourth-order valence-electron chi connectivity index (χ4n) is 1.80. The molecule has 0 amide bonds. The standard InChI is InChI=1S/C15H19BrN4O/c1-3-8-17-13-9-14(20-15(19-13)10-21-2)18-12-7-5-4-6-11(12)16/h4-7,9H,3,8,10H2,1-2H3,(H2,17,18,19,20). The van der Waals surface area contributed by atoms with Crippen LogP contribution in [0.4, 0.5) is 17.3 Å². The molecule has 1 aromatic heterocycles. The molecule has 0 radical (unpaired) electrons. The lowest BCUT2D eigenvalue weighted by Crippen LogP contribution is -2.08. The predicted octanol–water partition coefficient (Wildman–Crippen LogP) is 3.95. The Hall–Kier alpha value is -1.66. The number of nitrogens with one attached hydrogen (secondary N) is 2. The maximum atomic E-state index is 5.13. The molecule has 1 aromatic carbocycles. The first-order chi connectivity index (χ1) is 10.2. The van der Waals surface area contributed by atoms with E-state index in [1.807, 2.05) is 30.3 Å². The van der Waals surface area contributed by atoms with E-state index in [4.69, 9.17) is 4.74 Å². The maximum absolute atomic E-state index is 5.13. The summed E-state index contributed by atoms with van der Waals surface area (Å²) in [6, 6.07) is 9.81. The zero-order valence-electron chi connectivity index (χ0n) is 12.2. The van der Waals surface area contributed by atoms with Crippen molar-refractivity contribution in [2.24, 2.45) is 0 Å². The van der Waals surface area contributed by atoms with E-state index in [0.29, 0.717) is 12.4 Å². The number of ether oxygens (including phenoxy) is 1. The second kappa shape index (κ2) is 7.95. The van der Waals surface area contributed by atoms with Crippen molar-refractivity contribution in [3.8, 4) is 0 Å². The van der Waals surface area contributed by atoms with Gasteiger partial charge in [-0.3, -0.25) is 0 Å². The highest BCUT2D eigenvalue weighted by molar-refractivity contribution is 9.10. The van der Waals surface area contributed by atoms with Gasteiger partial charge in [-0.1, -0.05) is 19.1 Å². The number of rotatable bonds is 7. The molecule has 0 saturated heterocycles. The molecule has 0 aliphatic rings. The summed E-state index contributed by atoms with van der Waals surface area (Å²) < 4.78 is 6.11. The average Bonchev–Trinajstić information content (AvgIpc) is 2.48. The van der Waals surface area contributed by atoms with Gasteiger partial charge >= 0.3 is 0 Å². The normalized spacial score (nSPS) is 10.4. The van der Waals surface area contributed by atoms with Crippen LogP contribution in [-0.4, -0.2) is 23.6 Å². The lowest BCUT2D eigenvalue weighted by Gasteiger charge is -2.11. The molecule has 0 unspecified atom stereocenters. The zero-order chi connectivity index (χ0) is 15.1. The molecule has 6 heteroatoms. The zero-order valence-corrected chi connectivity index (χ0v) is 13.8. The average molecular weight is 351 g/mol. The molecule has 0 aliphatic heterocycles. The number of nitrogens with zero attached hydrogens (tertiary/aromatic N) is 2. The van der Waals surface area contributed by atoms with Gasteiger partial charge in [0, 0.05) is 24.2 Å². The van der Waals surface area contributed by atoms with E-state index >= 15 is 0 Å². The number of halogens is 1. The summed E-state index contributed by atoms with van der Waals surface area (Å²) >= 11 is 3.52. The van der Waals surface area contributed by atoms with Crippen LogP contribution in [0, 0.1) is 0 Å². The third-order valence-electron chi connectivity index (χ3n) is 2.74. The van der Waals surface area contributed by atoms with Crippen LogP contribution in [0.2, 0.25) is 0 Å². The molecule has 2 aromatic rings. The summed E-state index contributed by atoms with van der Waals surface area (Å²) in [5.41, 5.74) is 0.959. The molecule has 1 heterocycles. The van der Waals surface area contributed by atoms with Crippen molar-refractivity contribution in [2.75, 3.05) is 24.3 Å². The Kier molecular flexibility index (Phi) is 5.95. The number of anilines is 3. The minimum absolute atomic E-state index is 0.381. The summed E-state index contributed by atoms with van der Waals surface area (Å²) in [4.78, 5) is 8.89. The molecule has 0 fully saturated rings. The first-order valence-corrected chi connectivity index (χ1v) is 7.64. The molecule has 2 N–H and O–H groups in total. The van der Waals surface area contributed by atoms with Crippen molar-refractivity contribution in [3.63, 3.8) is 0 Å². The number of methoxy groups -OCH3 is 1. The van der Waals surface area contributed by atoms with E-state index in [9.17, 15) is 0 Å². The maximum Gasteiger partial charge on any atom is 0.158 e. The summed E-state index contributed by atoms with van der Waals surface area (Å²) in [5, 5.41) is 6.57. The van der Waals surface area contributed by atoms with E-state index in [1.165, 1.54) is 0 Å². The van der Waals surface area contributed by atoms with Gasteiger partial charge in [0.05, 0.1) is 5.69 Å². The Balaban J connectivity index is 2.24. The van der Waals surface area contributed by atoms with Crippen molar-refractivity contribution < 1.29 is 4.74 Å². The van der Waals surface area contributed by atoms with Gasteiger partial charge in [-0.2, -0.15) is 0 Å². The number of hydrogen-bond donors (Lipinski definition) is 2. The second-order valence-electron chi connectivity index (χ2n) is 4.52. The Morgan fingerprint density at radius 3 is 2.67 bits per heavy atom. The SMILES string of the molecule is CCCNc1cc(Nc2ccccc2Br)nc(COC)n1. The lowest BCUT2D eigenvalue weighted by atomic mass is 10.3. The molecule has 0 spiro atoms. The molecule has 0 bridgehead atoms. The highest BCUT2D eigenvalue weighted by Crippen LogP contribution is 2.25. The van der Waals surface area contributed by atoms with Crippen molar-refractivity contribution in [2.45, 2.75) is 20.0 Å². The number of para-hydroxylation sites is 1. The van der Waals surface area contributed by atoms with Gasteiger partial charge in [-0.05, 0) is 34.5 Å². The molecule has 0 saturated carbocycles. The Morgan fingerprint density at radius 1 is 1.19 bits per heavy atom. The summed E-state index contributed by atoms with van der Waals surface area (Å²) in [6.07, 6.45) is 1.04. The van der Waals surface area contributed by atoms with Crippen LogP contribution in [0.5, 0.6) is 0 Å². The molecule has 0 aliphatic carbocycles. The van der Waals surface area contributed by atoms with Gasteiger partial charge in [0.25, 0.3) is 0 Å². The Bertz CT molecular complexity index is 592. The summed E-state index contributed by atoms with van der Waals surface area (Å²) in [6.45, 7) is 3.37. The van der Waals surface area contributed by atoms with Gasteiger partial charge in [-0.15, -0.1) is 0 Å². The van der Waals surface area contributed by atoms with Gasteiger partial charge in [0.15, 0.2) is 5.82 Å². The van der Waals surface area contributed by atoms with Crippen molar-refractivity contribution in [1.29, 1.82) is 0 Å². The molecule has 112 valence electrons. The highest BCUT2D eigenvalue weighted by atomic mass is 79.9. The van der Waals surface area contributed by atoms with E-state index < -0.39 is 0 Å². The number of benzene rings is 1. The van der Waals surface area contributed by atoms with E-state index in [2.05, 4.69) is 43.5 Å². The van der Waals surface area contributed by atoms with Crippen molar-refractivity contribution >= 4 is 33.3 Å². The predicted molar refractivity (Wildman–Crippen MR) is 89.0 cm³/mol. The third kappa shape index (κ3) is 4.68. The van der Waals surface area contributed by atoms with Crippen LogP contribution in [0.15, 0.2) is 34.8 Å². The highest BCUT2D eigenvalue weighted by Gasteiger charge is 2.06. The quantitative estimate of drug-likeness (QED) is 0.791. The van der Waals surface area contributed by atoms with Crippen molar-refractivity contribution in [3.05, 3.63) is 40.6 Å². The summed E-state index contributed by atoms with van der Waals surface area (Å²) in [5.74, 6) is 2.18. The minimum atomic E-state index is 0.381. The van der Waals surface area contributed by atoms with Crippen molar-refractivity contribution in [1.82, 2.24) is 9.97 Å². The molecule has 5 nitrogen and oxygen atoms in total. The lowest BCUT2D eigenvalue weighted by molar-refractivity contribution is 0.178. The third-order valence-corrected chi connectivity index (χ3v) is 3.43. The van der Waals surface area contributed by atoms with E-state index in [0.717, 1.165) is 34.8 Å². The molecular weight excluding hydrogens is 332 g/mol. The molecule has 21 heavy (non-hydrogen) atoms. The van der Waals surface area contributed by atoms with Crippen LogP contribution in [-0.2, 0) is 11.3 Å². The Labute approximate surface area is 133 Å². The van der Waals surface area contributed by atoms with E-state index in [-0.39, 0.29) is 0 Å². The fourth-order valence-corrected chi connectivity index (χ4v) is 2.18. The topological polar surface area (TPSA) is 59.1 Å². The first kappa shape index (κ1) is 15.7. The summed E-state index contributed by atoms with van der Waals surface area (Å²) in [7, 11) is 1.64.